The molecule has 0 aromatic carbocycles. The lowest BCUT2D eigenvalue weighted by Crippen LogP contribution is -2.49. The van der Waals surface area contributed by atoms with Crippen LogP contribution in [0, 0.1) is 0 Å². The fourth-order valence-electron chi connectivity index (χ4n) is 1.96. The first-order valence-corrected chi connectivity index (χ1v) is 6.50. The Kier molecular flexibility index (Phi) is 5.49. The molecular formula is C14H20N2O4. The van der Waals surface area contributed by atoms with Crippen molar-refractivity contribution in [2.24, 2.45) is 0 Å². The second-order valence-corrected chi connectivity index (χ2v) is 4.60. The number of carboxylic acid groups (broad SMARTS) is 1. The monoisotopic (exact) mass is 280 g/mol. The van der Waals surface area contributed by atoms with Crippen LogP contribution < -0.4 is 10.1 Å². The van der Waals surface area contributed by atoms with E-state index in [0.29, 0.717) is 24.3 Å². The van der Waals surface area contributed by atoms with Gasteiger partial charge in [0.25, 0.3) is 5.91 Å². The summed E-state index contributed by atoms with van der Waals surface area (Å²) in [6.07, 6.45) is 2.40. The number of nitrogens with zero attached hydrogens (tertiary/aromatic N) is 1. The molecular weight excluding hydrogens is 260 g/mol. The maximum absolute atomic E-state index is 12.2. The van der Waals surface area contributed by atoms with Gasteiger partial charge in [-0.15, -0.1) is 0 Å². The van der Waals surface area contributed by atoms with Crippen LogP contribution in [0.2, 0.25) is 0 Å². The molecule has 0 saturated carbocycles. The summed E-state index contributed by atoms with van der Waals surface area (Å²) in [6.45, 7) is 3.72. The molecule has 2 N–H and O–H groups in total. The Hall–Kier alpha value is -2.11. The summed E-state index contributed by atoms with van der Waals surface area (Å²) >= 11 is 0. The second kappa shape index (κ2) is 6.88. The van der Waals surface area contributed by atoms with Gasteiger partial charge in [-0.25, -0.2) is 4.98 Å². The average molecular weight is 280 g/mol. The van der Waals surface area contributed by atoms with Gasteiger partial charge >= 0.3 is 5.97 Å². The maximum atomic E-state index is 12.2. The molecule has 1 amide bonds. The summed E-state index contributed by atoms with van der Waals surface area (Å²) in [5, 5.41) is 11.8. The van der Waals surface area contributed by atoms with E-state index in [-0.39, 0.29) is 12.3 Å². The van der Waals surface area contributed by atoms with Crippen LogP contribution >= 0.6 is 0 Å². The van der Waals surface area contributed by atoms with Gasteiger partial charge in [0, 0.05) is 12.3 Å². The molecule has 0 unspecified atom stereocenters. The highest BCUT2D eigenvalue weighted by atomic mass is 16.5. The molecule has 0 aliphatic heterocycles. The number of aliphatic carboxylic acids is 1. The predicted molar refractivity (Wildman–Crippen MR) is 73.8 cm³/mol. The highest BCUT2D eigenvalue weighted by Crippen LogP contribution is 2.20. The van der Waals surface area contributed by atoms with Crippen molar-refractivity contribution in [3.05, 3.63) is 23.9 Å². The Morgan fingerprint density at radius 1 is 1.35 bits per heavy atom. The number of methoxy groups -OCH3 is 1. The second-order valence-electron chi connectivity index (χ2n) is 4.60. The van der Waals surface area contributed by atoms with Crippen LogP contribution in [0.1, 0.15) is 43.5 Å². The number of carboxylic acids is 1. The minimum absolute atomic E-state index is 0.102. The number of amides is 1. The van der Waals surface area contributed by atoms with E-state index in [1.807, 2.05) is 13.8 Å². The zero-order valence-electron chi connectivity index (χ0n) is 12.0. The van der Waals surface area contributed by atoms with Crippen molar-refractivity contribution in [1.82, 2.24) is 10.3 Å². The first kappa shape index (κ1) is 15.9. The first-order chi connectivity index (χ1) is 9.46. The van der Waals surface area contributed by atoms with Crippen molar-refractivity contribution in [3.63, 3.8) is 0 Å². The van der Waals surface area contributed by atoms with Gasteiger partial charge in [-0.05, 0) is 18.9 Å². The SMILES string of the molecule is CCC(CC)(CC(=O)O)NC(=O)c1ccc(OC)nc1. The average Bonchev–Trinajstić information content (AvgIpc) is 2.46. The van der Waals surface area contributed by atoms with Crippen molar-refractivity contribution in [2.45, 2.75) is 38.6 Å². The topological polar surface area (TPSA) is 88.5 Å². The van der Waals surface area contributed by atoms with Crippen molar-refractivity contribution in [1.29, 1.82) is 0 Å². The van der Waals surface area contributed by atoms with Crippen LogP contribution in [0.3, 0.4) is 0 Å². The summed E-state index contributed by atoms with van der Waals surface area (Å²) in [7, 11) is 1.49. The number of pyridine rings is 1. The molecule has 1 aromatic heterocycles. The fraction of sp³-hybridized carbons (Fsp3) is 0.500. The molecule has 110 valence electrons. The number of aromatic nitrogens is 1. The van der Waals surface area contributed by atoms with E-state index < -0.39 is 11.5 Å². The molecule has 0 saturated heterocycles. The summed E-state index contributed by atoms with van der Waals surface area (Å²) in [5.41, 5.74) is -0.356. The number of carbonyl (C=O) groups excluding carboxylic acids is 1. The van der Waals surface area contributed by atoms with Crippen LogP contribution in [0.4, 0.5) is 0 Å². The first-order valence-electron chi connectivity index (χ1n) is 6.50. The van der Waals surface area contributed by atoms with Crippen LogP contribution in [0.5, 0.6) is 5.88 Å². The molecule has 0 bridgehead atoms. The molecule has 6 heteroatoms. The summed E-state index contributed by atoms with van der Waals surface area (Å²) in [5.74, 6) is -0.837. The molecule has 1 rings (SSSR count). The molecule has 0 aliphatic rings. The lowest BCUT2D eigenvalue weighted by atomic mass is 9.88. The lowest BCUT2D eigenvalue weighted by Gasteiger charge is -2.31. The largest absolute Gasteiger partial charge is 0.481 e. The van der Waals surface area contributed by atoms with Crippen molar-refractivity contribution in [2.75, 3.05) is 7.11 Å². The van der Waals surface area contributed by atoms with Gasteiger partial charge < -0.3 is 15.2 Å². The van der Waals surface area contributed by atoms with Crippen LogP contribution in [0.15, 0.2) is 18.3 Å². The van der Waals surface area contributed by atoms with E-state index in [9.17, 15) is 9.59 Å². The molecule has 0 radical (unpaired) electrons. The predicted octanol–water partition coefficient (Wildman–Crippen LogP) is 1.85. The smallest absolute Gasteiger partial charge is 0.305 e. The minimum Gasteiger partial charge on any atom is -0.481 e. The summed E-state index contributed by atoms with van der Waals surface area (Å²) < 4.78 is 4.92. The normalized spacial score (nSPS) is 10.9. The van der Waals surface area contributed by atoms with Crippen LogP contribution in [0.25, 0.3) is 0 Å². The van der Waals surface area contributed by atoms with Gasteiger partial charge in [-0.2, -0.15) is 0 Å². The number of ether oxygens (including phenoxy) is 1. The Morgan fingerprint density at radius 2 is 2.00 bits per heavy atom. The number of rotatable bonds is 7. The minimum atomic E-state index is -0.929. The molecule has 0 atom stereocenters. The quantitative estimate of drug-likeness (QED) is 0.795. The fourth-order valence-corrected chi connectivity index (χ4v) is 1.96. The van der Waals surface area contributed by atoms with Gasteiger partial charge in [0.2, 0.25) is 5.88 Å². The number of nitrogens with one attached hydrogen (secondary N) is 1. The Balaban J connectivity index is 2.86. The van der Waals surface area contributed by atoms with Crippen molar-refractivity contribution < 1.29 is 19.4 Å². The van der Waals surface area contributed by atoms with Crippen molar-refractivity contribution in [3.8, 4) is 5.88 Å². The Bertz CT molecular complexity index is 467. The molecule has 0 spiro atoms. The summed E-state index contributed by atoms with van der Waals surface area (Å²) in [6, 6.07) is 3.18. The van der Waals surface area contributed by atoms with E-state index in [1.165, 1.54) is 13.3 Å². The number of hydrogen-bond donors (Lipinski definition) is 2. The van der Waals surface area contributed by atoms with E-state index >= 15 is 0 Å². The Labute approximate surface area is 118 Å². The standard InChI is InChI=1S/C14H20N2O4/c1-4-14(5-2,8-12(17)18)16-13(19)10-6-7-11(20-3)15-9-10/h6-7,9H,4-5,8H2,1-3H3,(H,16,19)(H,17,18). The maximum Gasteiger partial charge on any atom is 0.305 e. The van der Waals surface area contributed by atoms with Gasteiger partial charge in [-0.3, -0.25) is 9.59 Å². The van der Waals surface area contributed by atoms with E-state index in [4.69, 9.17) is 9.84 Å². The zero-order chi connectivity index (χ0) is 15.2. The number of hydrogen-bond acceptors (Lipinski definition) is 4. The van der Waals surface area contributed by atoms with Gasteiger partial charge in [-0.1, -0.05) is 13.8 Å². The van der Waals surface area contributed by atoms with E-state index in [2.05, 4.69) is 10.3 Å². The molecule has 0 fully saturated rings. The number of carbonyl (C=O) groups is 2. The molecule has 20 heavy (non-hydrogen) atoms. The highest BCUT2D eigenvalue weighted by Gasteiger charge is 2.31. The zero-order valence-corrected chi connectivity index (χ0v) is 12.0. The third kappa shape index (κ3) is 3.94. The molecule has 6 nitrogen and oxygen atoms in total. The van der Waals surface area contributed by atoms with Gasteiger partial charge in [0.1, 0.15) is 0 Å². The van der Waals surface area contributed by atoms with E-state index in [1.54, 1.807) is 12.1 Å². The van der Waals surface area contributed by atoms with E-state index in [0.717, 1.165) is 0 Å². The Morgan fingerprint density at radius 3 is 2.40 bits per heavy atom. The molecule has 1 aromatic rings. The third-order valence-electron chi connectivity index (χ3n) is 3.43. The van der Waals surface area contributed by atoms with Crippen molar-refractivity contribution >= 4 is 11.9 Å². The third-order valence-corrected chi connectivity index (χ3v) is 3.43. The van der Waals surface area contributed by atoms with Crippen LogP contribution in [-0.2, 0) is 4.79 Å². The highest BCUT2D eigenvalue weighted by molar-refractivity contribution is 5.94. The van der Waals surface area contributed by atoms with Gasteiger partial charge in [0.15, 0.2) is 0 Å². The molecule has 0 aliphatic carbocycles. The summed E-state index contributed by atoms with van der Waals surface area (Å²) in [4.78, 5) is 27.1. The van der Waals surface area contributed by atoms with Crippen LogP contribution in [-0.4, -0.2) is 34.6 Å². The van der Waals surface area contributed by atoms with Gasteiger partial charge in [0.05, 0.1) is 24.6 Å². The molecule has 1 heterocycles. The lowest BCUT2D eigenvalue weighted by molar-refractivity contribution is -0.138.